The lowest BCUT2D eigenvalue weighted by molar-refractivity contribution is -0.0517. The largest absolute Gasteiger partial charge is 0.369 e. The number of hydrogen-bond donors (Lipinski definition) is 1. The third-order valence-corrected chi connectivity index (χ3v) is 4.48. The Labute approximate surface area is 113 Å². The zero-order valence-corrected chi connectivity index (χ0v) is 11.6. The van der Waals surface area contributed by atoms with Crippen LogP contribution in [0.4, 0.5) is 0 Å². The maximum atomic E-state index is 6.35. The summed E-state index contributed by atoms with van der Waals surface area (Å²) in [5.41, 5.74) is 3.65. The van der Waals surface area contributed by atoms with Gasteiger partial charge < -0.3 is 10.1 Å². The number of nitrogens with one attached hydrogen (secondary N) is 1. The van der Waals surface area contributed by atoms with E-state index in [9.17, 15) is 0 Å². The molecule has 1 N–H and O–H groups in total. The van der Waals surface area contributed by atoms with Crippen molar-refractivity contribution in [3.05, 3.63) is 33.8 Å². The minimum atomic E-state index is -0.0500. The standard InChI is InChI=1S/C13H16ClNO.ClH/c1-8-3-4-9-10(12(8)14)6-16-13(2)7-15-5-11(9)13;/h3-4,11,15H,5-7H2,1-2H3;1H/t11-,13-;/m1./s1. The number of benzene rings is 1. The highest BCUT2D eigenvalue weighted by molar-refractivity contribution is 6.32. The number of ether oxygens (including phenoxy) is 1. The second-order valence-corrected chi connectivity index (χ2v) is 5.43. The molecule has 2 heterocycles. The minimum Gasteiger partial charge on any atom is -0.369 e. The van der Waals surface area contributed by atoms with Crippen LogP contribution >= 0.6 is 24.0 Å². The summed E-state index contributed by atoms with van der Waals surface area (Å²) >= 11 is 6.35. The van der Waals surface area contributed by atoms with Crippen molar-refractivity contribution in [2.24, 2.45) is 0 Å². The molecule has 1 saturated heterocycles. The van der Waals surface area contributed by atoms with Gasteiger partial charge >= 0.3 is 0 Å². The maximum absolute atomic E-state index is 6.35. The molecule has 1 aromatic rings. The van der Waals surface area contributed by atoms with Crippen LogP contribution in [-0.4, -0.2) is 18.7 Å². The Morgan fingerprint density at radius 3 is 3.00 bits per heavy atom. The van der Waals surface area contributed by atoms with Crippen molar-refractivity contribution in [2.75, 3.05) is 13.1 Å². The molecule has 0 saturated carbocycles. The minimum absolute atomic E-state index is 0. The summed E-state index contributed by atoms with van der Waals surface area (Å²) in [5.74, 6) is 0.439. The molecule has 2 atom stereocenters. The first kappa shape index (κ1) is 13.2. The summed E-state index contributed by atoms with van der Waals surface area (Å²) < 4.78 is 6.00. The van der Waals surface area contributed by atoms with Crippen LogP contribution in [0.5, 0.6) is 0 Å². The molecule has 94 valence electrons. The van der Waals surface area contributed by atoms with Crippen LogP contribution in [0.2, 0.25) is 5.02 Å². The van der Waals surface area contributed by atoms with Crippen LogP contribution in [-0.2, 0) is 11.3 Å². The second kappa shape index (κ2) is 4.43. The van der Waals surface area contributed by atoms with E-state index in [0.29, 0.717) is 12.5 Å². The Kier molecular flexibility index (Phi) is 3.43. The van der Waals surface area contributed by atoms with Gasteiger partial charge in [-0.05, 0) is 25.0 Å². The zero-order chi connectivity index (χ0) is 11.3. The number of fused-ring (bicyclic) bond motifs is 3. The van der Waals surface area contributed by atoms with Gasteiger partial charge in [0.1, 0.15) is 0 Å². The van der Waals surface area contributed by atoms with E-state index >= 15 is 0 Å². The van der Waals surface area contributed by atoms with E-state index in [4.69, 9.17) is 16.3 Å². The van der Waals surface area contributed by atoms with E-state index < -0.39 is 0 Å². The predicted octanol–water partition coefficient (Wildman–Crippen LogP) is 3.05. The number of rotatable bonds is 0. The molecule has 2 aliphatic heterocycles. The molecule has 1 fully saturated rings. The highest BCUT2D eigenvalue weighted by Gasteiger charge is 2.44. The van der Waals surface area contributed by atoms with E-state index in [0.717, 1.165) is 23.7 Å². The average Bonchev–Trinajstić information content (AvgIpc) is 2.65. The molecule has 2 nitrogen and oxygen atoms in total. The molecule has 0 aliphatic carbocycles. The van der Waals surface area contributed by atoms with Crippen molar-refractivity contribution in [3.63, 3.8) is 0 Å². The van der Waals surface area contributed by atoms with E-state index in [2.05, 4.69) is 24.4 Å². The Morgan fingerprint density at radius 1 is 1.47 bits per heavy atom. The summed E-state index contributed by atoms with van der Waals surface area (Å²) in [6.07, 6.45) is 0. The van der Waals surface area contributed by atoms with Gasteiger partial charge in [-0.25, -0.2) is 0 Å². The first-order valence-corrected chi connectivity index (χ1v) is 6.12. The fourth-order valence-electron chi connectivity index (χ4n) is 2.86. The summed E-state index contributed by atoms with van der Waals surface area (Å²) in [5, 5.41) is 4.29. The fourth-order valence-corrected chi connectivity index (χ4v) is 3.08. The summed E-state index contributed by atoms with van der Waals surface area (Å²) in [6.45, 7) is 6.80. The zero-order valence-electron chi connectivity index (χ0n) is 10.0. The molecule has 0 spiro atoms. The van der Waals surface area contributed by atoms with Crippen LogP contribution in [0, 0.1) is 6.92 Å². The summed E-state index contributed by atoms with van der Waals surface area (Å²) in [4.78, 5) is 0. The van der Waals surface area contributed by atoms with Crippen molar-refractivity contribution < 1.29 is 4.74 Å². The topological polar surface area (TPSA) is 21.3 Å². The van der Waals surface area contributed by atoms with Crippen LogP contribution in [0.3, 0.4) is 0 Å². The van der Waals surface area contributed by atoms with Gasteiger partial charge in [0.25, 0.3) is 0 Å². The van der Waals surface area contributed by atoms with E-state index in [1.807, 2.05) is 6.92 Å². The van der Waals surface area contributed by atoms with Crippen molar-refractivity contribution in [1.29, 1.82) is 0 Å². The summed E-state index contributed by atoms with van der Waals surface area (Å²) in [6, 6.07) is 4.33. The Bertz CT molecular complexity index is 449. The van der Waals surface area contributed by atoms with Gasteiger partial charge in [0.05, 0.1) is 12.2 Å². The van der Waals surface area contributed by atoms with Crippen molar-refractivity contribution >= 4 is 24.0 Å². The molecular formula is C13H17Cl2NO. The quantitative estimate of drug-likeness (QED) is 0.785. The predicted molar refractivity (Wildman–Crippen MR) is 72.2 cm³/mol. The van der Waals surface area contributed by atoms with Crippen molar-refractivity contribution in [2.45, 2.75) is 32.0 Å². The average molecular weight is 274 g/mol. The monoisotopic (exact) mass is 273 g/mol. The fraction of sp³-hybridized carbons (Fsp3) is 0.538. The molecule has 3 rings (SSSR count). The number of hydrogen-bond acceptors (Lipinski definition) is 2. The van der Waals surface area contributed by atoms with Gasteiger partial charge in [0.2, 0.25) is 0 Å². The van der Waals surface area contributed by atoms with Gasteiger partial charge in [0, 0.05) is 29.6 Å². The van der Waals surface area contributed by atoms with E-state index in [1.54, 1.807) is 0 Å². The molecule has 1 aromatic carbocycles. The highest BCUT2D eigenvalue weighted by Crippen LogP contribution is 2.43. The van der Waals surface area contributed by atoms with E-state index in [1.165, 1.54) is 11.1 Å². The van der Waals surface area contributed by atoms with Crippen LogP contribution in [0.25, 0.3) is 0 Å². The van der Waals surface area contributed by atoms with Crippen molar-refractivity contribution in [1.82, 2.24) is 5.32 Å². The highest BCUT2D eigenvalue weighted by atomic mass is 35.5. The van der Waals surface area contributed by atoms with Crippen LogP contribution in [0.15, 0.2) is 12.1 Å². The van der Waals surface area contributed by atoms with Gasteiger partial charge in [-0.2, -0.15) is 0 Å². The van der Waals surface area contributed by atoms with Gasteiger partial charge in [-0.1, -0.05) is 23.7 Å². The normalized spacial score (nSPS) is 30.4. The van der Waals surface area contributed by atoms with Gasteiger partial charge in [-0.15, -0.1) is 12.4 Å². The molecule has 0 amide bonds. The van der Waals surface area contributed by atoms with Crippen LogP contribution in [0.1, 0.15) is 29.5 Å². The lowest BCUT2D eigenvalue weighted by Gasteiger charge is -2.37. The Balaban J connectivity index is 0.00000108. The molecule has 17 heavy (non-hydrogen) atoms. The molecular weight excluding hydrogens is 257 g/mol. The lowest BCUT2D eigenvalue weighted by Crippen LogP contribution is -2.39. The smallest absolute Gasteiger partial charge is 0.0863 e. The van der Waals surface area contributed by atoms with Gasteiger partial charge in [-0.3, -0.25) is 0 Å². The number of halogens is 2. The molecule has 0 unspecified atom stereocenters. The van der Waals surface area contributed by atoms with Gasteiger partial charge in [0.15, 0.2) is 0 Å². The van der Waals surface area contributed by atoms with Crippen LogP contribution < -0.4 is 5.32 Å². The van der Waals surface area contributed by atoms with E-state index in [-0.39, 0.29) is 18.0 Å². The molecule has 0 bridgehead atoms. The molecule has 0 aromatic heterocycles. The first-order valence-electron chi connectivity index (χ1n) is 5.74. The molecule has 2 aliphatic rings. The molecule has 0 radical (unpaired) electrons. The third kappa shape index (κ3) is 1.88. The summed E-state index contributed by atoms with van der Waals surface area (Å²) in [7, 11) is 0. The number of aryl methyl sites for hydroxylation is 1. The molecule has 4 heteroatoms. The lowest BCUT2D eigenvalue weighted by atomic mass is 9.81. The Hall–Kier alpha value is -0.280. The van der Waals surface area contributed by atoms with Crippen molar-refractivity contribution in [3.8, 4) is 0 Å². The first-order chi connectivity index (χ1) is 7.62. The SMILES string of the molecule is Cc1ccc2c(c1Cl)CO[C@]1(C)CNC[C@H]21.Cl. The second-order valence-electron chi connectivity index (χ2n) is 5.05. The third-order valence-electron chi connectivity index (χ3n) is 3.96. The Morgan fingerprint density at radius 2 is 2.24 bits per heavy atom. The maximum Gasteiger partial charge on any atom is 0.0863 e.